The average Bonchev–Trinajstić information content (AvgIpc) is 3.22. The quantitative estimate of drug-likeness (QED) is 0.658. The summed E-state index contributed by atoms with van der Waals surface area (Å²) in [6.07, 6.45) is -4.48. The van der Waals surface area contributed by atoms with Crippen LogP contribution in [0.15, 0.2) is 48.5 Å². The summed E-state index contributed by atoms with van der Waals surface area (Å²) in [5.41, 5.74) is 1.40. The van der Waals surface area contributed by atoms with Crippen molar-refractivity contribution in [1.29, 1.82) is 0 Å². The van der Waals surface area contributed by atoms with E-state index in [-0.39, 0.29) is 22.1 Å². The molecule has 0 aromatic heterocycles. The zero-order valence-electron chi connectivity index (χ0n) is 15.7. The first-order chi connectivity index (χ1) is 13.7. The third-order valence-electron chi connectivity index (χ3n) is 5.04. The van der Waals surface area contributed by atoms with E-state index in [0.29, 0.717) is 5.75 Å². The number of halogens is 3. The van der Waals surface area contributed by atoms with E-state index in [2.05, 4.69) is 0 Å². The van der Waals surface area contributed by atoms with Gasteiger partial charge in [-0.05, 0) is 48.1 Å². The van der Waals surface area contributed by atoms with Gasteiger partial charge >= 0.3 is 6.18 Å². The molecule has 0 spiro atoms. The lowest BCUT2D eigenvalue weighted by Crippen LogP contribution is -2.33. The second kappa shape index (κ2) is 7.21. The van der Waals surface area contributed by atoms with E-state index in [1.807, 2.05) is 48.2 Å². The summed E-state index contributed by atoms with van der Waals surface area (Å²) in [6.45, 7) is 0. The molecule has 0 aliphatic carbocycles. The lowest BCUT2D eigenvalue weighted by atomic mass is 10.1. The highest BCUT2D eigenvalue weighted by Crippen LogP contribution is 2.46. The first-order valence-corrected chi connectivity index (χ1v) is 10.4. The Morgan fingerprint density at radius 1 is 1.14 bits per heavy atom. The van der Waals surface area contributed by atoms with E-state index in [4.69, 9.17) is 12.2 Å². The van der Waals surface area contributed by atoms with Crippen molar-refractivity contribution in [2.75, 3.05) is 29.6 Å². The lowest BCUT2D eigenvalue weighted by molar-refractivity contribution is -0.137. The molecule has 0 saturated carbocycles. The number of carbonyl (C=O) groups excluding carboxylic acids is 1. The van der Waals surface area contributed by atoms with Gasteiger partial charge in [0.1, 0.15) is 11.4 Å². The summed E-state index contributed by atoms with van der Waals surface area (Å²) >= 11 is 7.16. The Kier molecular flexibility index (Phi) is 4.98. The number of benzene rings is 2. The number of hydrogen-bond donors (Lipinski definition) is 0. The number of anilines is 2. The van der Waals surface area contributed by atoms with E-state index in [0.717, 1.165) is 23.4 Å². The van der Waals surface area contributed by atoms with Crippen LogP contribution in [0, 0.1) is 0 Å². The van der Waals surface area contributed by atoms with Crippen molar-refractivity contribution in [1.82, 2.24) is 4.90 Å². The van der Waals surface area contributed by atoms with Crippen LogP contribution < -0.4 is 9.80 Å². The van der Waals surface area contributed by atoms with Crippen LogP contribution in [0.2, 0.25) is 0 Å². The lowest BCUT2D eigenvalue weighted by Gasteiger charge is -2.26. The molecule has 9 heteroatoms. The molecule has 0 unspecified atom stereocenters. The van der Waals surface area contributed by atoms with Crippen LogP contribution in [-0.4, -0.2) is 41.8 Å². The molecule has 29 heavy (non-hydrogen) atoms. The van der Waals surface area contributed by atoms with Gasteiger partial charge in [0.15, 0.2) is 5.11 Å². The van der Waals surface area contributed by atoms with Crippen LogP contribution >= 0.6 is 24.0 Å². The molecule has 2 aromatic carbocycles. The number of hydrogen-bond acceptors (Lipinski definition) is 4. The molecule has 4 nitrogen and oxygen atoms in total. The first-order valence-electron chi connectivity index (χ1n) is 8.91. The van der Waals surface area contributed by atoms with Crippen molar-refractivity contribution in [2.45, 2.75) is 17.6 Å². The molecule has 2 atom stereocenters. The summed E-state index contributed by atoms with van der Waals surface area (Å²) in [5, 5.41) is 0.0921. The molecule has 2 aliphatic heterocycles. The van der Waals surface area contributed by atoms with Gasteiger partial charge in [-0.15, -0.1) is 11.8 Å². The summed E-state index contributed by atoms with van der Waals surface area (Å²) in [6, 6.07) is 12.2. The van der Waals surface area contributed by atoms with E-state index < -0.39 is 17.8 Å². The zero-order chi connectivity index (χ0) is 20.9. The summed E-state index contributed by atoms with van der Waals surface area (Å²) < 4.78 is 39.3. The molecule has 0 radical (unpaired) electrons. The van der Waals surface area contributed by atoms with Crippen molar-refractivity contribution in [3.8, 4) is 0 Å². The molecule has 2 heterocycles. The van der Waals surface area contributed by atoms with Gasteiger partial charge in [-0.1, -0.05) is 18.2 Å². The largest absolute Gasteiger partial charge is 0.416 e. The van der Waals surface area contributed by atoms with Crippen LogP contribution in [0.4, 0.5) is 24.5 Å². The Labute approximate surface area is 176 Å². The van der Waals surface area contributed by atoms with Crippen LogP contribution in [0.3, 0.4) is 0 Å². The second-order valence-corrected chi connectivity index (χ2v) is 8.58. The Hall–Kier alpha value is -2.26. The molecule has 4 rings (SSSR count). The van der Waals surface area contributed by atoms with Crippen molar-refractivity contribution >= 4 is 46.4 Å². The van der Waals surface area contributed by atoms with Crippen molar-refractivity contribution in [2.24, 2.45) is 0 Å². The van der Waals surface area contributed by atoms with Crippen LogP contribution in [0.5, 0.6) is 0 Å². The van der Waals surface area contributed by atoms with Gasteiger partial charge in [-0.2, -0.15) is 13.2 Å². The van der Waals surface area contributed by atoms with Gasteiger partial charge in [0.05, 0.1) is 11.3 Å². The van der Waals surface area contributed by atoms with E-state index in [1.54, 1.807) is 11.8 Å². The Morgan fingerprint density at radius 3 is 2.45 bits per heavy atom. The SMILES string of the molecule is CN(C)c1ccc([C@H]2SC[C@@H]3C(=O)N(c4cccc(C(F)(F)F)c4)C(=S)N32)cc1. The Balaban J connectivity index is 1.64. The minimum absolute atomic E-state index is 0.149. The number of thiocarbonyl (C=S) groups is 1. The predicted molar refractivity (Wildman–Crippen MR) is 113 cm³/mol. The molecule has 2 aromatic rings. The number of carbonyl (C=O) groups is 1. The second-order valence-electron chi connectivity index (χ2n) is 7.10. The number of rotatable bonds is 3. The molecule has 0 bridgehead atoms. The van der Waals surface area contributed by atoms with Gasteiger partial charge < -0.3 is 9.80 Å². The number of fused-ring (bicyclic) bond motifs is 1. The standard InChI is InChI=1S/C20H18F3N3OS2/c1-24(2)14-8-6-12(7-9-14)18-26-16(11-29-18)17(27)25(19(26)28)15-5-3-4-13(10-15)20(21,22)23/h3-10,16,18H,11H2,1-2H3/t16-,18-/m1/s1. The first kappa shape index (κ1) is 20.0. The van der Waals surface area contributed by atoms with Gasteiger partial charge in [-0.25, -0.2) is 0 Å². The highest BCUT2D eigenvalue weighted by Gasteiger charge is 2.51. The van der Waals surface area contributed by atoms with Gasteiger partial charge in [0.2, 0.25) is 0 Å². The smallest absolute Gasteiger partial charge is 0.378 e. The summed E-state index contributed by atoms with van der Waals surface area (Å²) in [5.74, 6) is 0.253. The molecular formula is C20H18F3N3OS2. The summed E-state index contributed by atoms with van der Waals surface area (Å²) in [4.78, 5) is 18.0. The third kappa shape index (κ3) is 3.46. The molecule has 2 fully saturated rings. The predicted octanol–water partition coefficient (Wildman–Crippen LogP) is 4.52. The van der Waals surface area contributed by atoms with Gasteiger partial charge in [0, 0.05) is 25.5 Å². The molecule has 1 amide bonds. The van der Waals surface area contributed by atoms with Crippen LogP contribution in [0.1, 0.15) is 16.5 Å². The van der Waals surface area contributed by atoms with Gasteiger partial charge in [-0.3, -0.25) is 9.69 Å². The number of thioether (sulfide) groups is 1. The van der Waals surface area contributed by atoms with Crippen molar-refractivity contribution < 1.29 is 18.0 Å². The van der Waals surface area contributed by atoms with Crippen LogP contribution in [-0.2, 0) is 11.0 Å². The fraction of sp³-hybridized carbons (Fsp3) is 0.300. The normalized spacial score (nSPS) is 21.7. The van der Waals surface area contributed by atoms with Crippen LogP contribution in [0.25, 0.3) is 0 Å². The number of amides is 1. The average molecular weight is 438 g/mol. The Bertz CT molecular complexity index is 962. The van der Waals surface area contributed by atoms with Crippen molar-refractivity contribution in [3.05, 3.63) is 59.7 Å². The van der Waals surface area contributed by atoms with Gasteiger partial charge in [0.25, 0.3) is 5.91 Å². The minimum Gasteiger partial charge on any atom is -0.378 e. The third-order valence-corrected chi connectivity index (χ3v) is 6.76. The monoisotopic (exact) mass is 437 g/mol. The molecule has 0 N–H and O–H groups in total. The maximum absolute atomic E-state index is 13.1. The van der Waals surface area contributed by atoms with E-state index >= 15 is 0 Å². The molecule has 152 valence electrons. The zero-order valence-corrected chi connectivity index (χ0v) is 17.3. The summed E-state index contributed by atoms with van der Waals surface area (Å²) in [7, 11) is 3.91. The molecular weight excluding hydrogens is 419 g/mol. The fourth-order valence-electron chi connectivity index (χ4n) is 3.54. The molecule has 2 aliphatic rings. The molecule has 2 saturated heterocycles. The fourth-order valence-corrected chi connectivity index (χ4v) is 5.46. The van der Waals surface area contributed by atoms with Crippen molar-refractivity contribution in [3.63, 3.8) is 0 Å². The number of alkyl halides is 3. The minimum atomic E-state index is -4.48. The highest BCUT2D eigenvalue weighted by molar-refractivity contribution is 7.99. The van der Waals surface area contributed by atoms with E-state index in [1.165, 1.54) is 17.0 Å². The maximum atomic E-state index is 13.1. The van der Waals surface area contributed by atoms with E-state index in [9.17, 15) is 18.0 Å². The highest BCUT2D eigenvalue weighted by atomic mass is 32.2. The Morgan fingerprint density at radius 2 is 1.83 bits per heavy atom. The maximum Gasteiger partial charge on any atom is 0.416 e. The number of nitrogens with zero attached hydrogens (tertiary/aromatic N) is 3. The topological polar surface area (TPSA) is 26.8 Å².